The number of hydrogen-bond donors (Lipinski definition) is 1. The number of rotatable bonds is 3. The van der Waals surface area contributed by atoms with Gasteiger partial charge in [0.1, 0.15) is 5.75 Å². The Labute approximate surface area is 111 Å². The van der Waals surface area contributed by atoms with Gasteiger partial charge in [0.15, 0.2) is 4.34 Å². The van der Waals surface area contributed by atoms with Gasteiger partial charge in [0.2, 0.25) is 5.91 Å². The summed E-state index contributed by atoms with van der Waals surface area (Å²) < 4.78 is 13.3. The highest BCUT2D eigenvalue weighted by atomic mass is 32.2. The molecule has 0 radical (unpaired) electrons. The summed E-state index contributed by atoms with van der Waals surface area (Å²) in [5, 5.41) is 0. The van der Waals surface area contributed by atoms with Crippen molar-refractivity contribution < 1.29 is 9.00 Å². The molecule has 96 valence electrons. The van der Waals surface area contributed by atoms with Crippen molar-refractivity contribution in [2.24, 2.45) is 0 Å². The quantitative estimate of drug-likeness (QED) is 0.855. The third-order valence-corrected chi connectivity index (χ3v) is 4.95. The summed E-state index contributed by atoms with van der Waals surface area (Å²) in [4.78, 5) is 17.2. The summed E-state index contributed by atoms with van der Waals surface area (Å²) in [6, 6.07) is 5.33. The van der Waals surface area contributed by atoms with Crippen LogP contribution in [0.3, 0.4) is 0 Å². The Morgan fingerprint density at radius 3 is 2.89 bits per heavy atom. The summed E-state index contributed by atoms with van der Waals surface area (Å²) in [7, 11) is 1.88. The Bertz CT molecular complexity index is 622. The monoisotopic (exact) mass is 283 g/mol. The van der Waals surface area contributed by atoms with E-state index in [0.29, 0.717) is 10.0 Å². The fraction of sp³-hybridized carbons (Fsp3) is 0.273. The van der Waals surface area contributed by atoms with Crippen molar-refractivity contribution in [3.05, 3.63) is 18.2 Å². The van der Waals surface area contributed by atoms with Crippen molar-refractivity contribution in [3.8, 4) is 0 Å². The van der Waals surface area contributed by atoms with E-state index in [0.717, 1.165) is 10.2 Å². The van der Waals surface area contributed by atoms with E-state index in [9.17, 15) is 9.00 Å². The Balaban J connectivity index is 2.26. The first-order chi connectivity index (χ1) is 8.47. The molecule has 1 amide bonds. The van der Waals surface area contributed by atoms with Gasteiger partial charge in [-0.3, -0.25) is 9.00 Å². The summed E-state index contributed by atoms with van der Waals surface area (Å²) in [5.41, 5.74) is 7.08. The lowest BCUT2D eigenvalue weighted by molar-refractivity contribution is -0.125. The zero-order chi connectivity index (χ0) is 13.3. The van der Waals surface area contributed by atoms with Crippen LogP contribution in [0.25, 0.3) is 10.2 Å². The van der Waals surface area contributed by atoms with Gasteiger partial charge in [0, 0.05) is 19.8 Å². The number of nitrogen functional groups attached to an aromatic ring is 1. The second-order valence-corrected chi connectivity index (χ2v) is 6.64. The normalized spacial score (nSPS) is 12.6. The van der Waals surface area contributed by atoms with Gasteiger partial charge in [0.25, 0.3) is 0 Å². The molecule has 1 aromatic heterocycles. The van der Waals surface area contributed by atoms with Crippen LogP contribution in [-0.4, -0.2) is 39.8 Å². The molecular formula is C11H13N3O2S2. The number of nitrogens with zero attached hydrogens (tertiary/aromatic N) is 2. The highest BCUT2D eigenvalue weighted by molar-refractivity contribution is 7.88. The minimum Gasteiger partial charge on any atom is -0.399 e. The van der Waals surface area contributed by atoms with E-state index in [4.69, 9.17) is 5.73 Å². The molecular weight excluding hydrogens is 270 g/mol. The summed E-state index contributed by atoms with van der Waals surface area (Å²) in [5.74, 6) is -0.213. The lowest BCUT2D eigenvalue weighted by Gasteiger charge is -2.08. The Kier molecular flexibility index (Phi) is 3.63. The third-order valence-electron chi connectivity index (χ3n) is 2.34. The minimum absolute atomic E-state index is 0.0394. The van der Waals surface area contributed by atoms with Crippen LogP contribution < -0.4 is 5.73 Å². The molecule has 1 aromatic carbocycles. The molecule has 0 spiro atoms. The molecule has 2 N–H and O–H groups in total. The second-order valence-electron chi connectivity index (χ2n) is 3.98. The number of carbonyl (C=O) groups is 1. The highest BCUT2D eigenvalue weighted by Crippen LogP contribution is 2.26. The number of benzene rings is 1. The van der Waals surface area contributed by atoms with E-state index in [1.54, 1.807) is 32.3 Å². The second kappa shape index (κ2) is 5.03. The van der Waals surface area contributed by atoms with Gasteiger partial charge in [0.05, 0.1) is 21.0 Å². The molecule has 0 saturated carbocycles. The largest absolute Gasteiger partial charge is 0.399 e. The van der Waals surface area contributed by atoms with Crippen LogP contribution in [0.5, 0.6) is 0 Å². The van der Waals surface area contributed by atoms with Crippen LogP contribution in [0.1, 0.15) is 0 Å². The number of thiazole rings is 1. The number of anilines is 1. The van der Waals surface area contributed by atoms with Crippen molar-refractivity contribution in [1.29, 1.82) is 0 Å². The van der Waals surface area contributed by atoms with Crippen molar-refractivity contribution >= 4 is 43.9 Å². The van der Waals surface area contributed by atoms with Crippen molar-refractivity contribution in [3.63, 3.8) is 0 Å². The van der Waals surface area contributed by atoms with E-state index in [1.165, 1.54) is 16.2 Å². The topological polar surface area (TPSA) is 76.3 Å². The smallest absolute Gasteiger partial charge is 0.235 e. The standard InChI is InChI=1S/C11H13N3O2S2/c1-14(2)10(15)6-18(16)11-13-8-4-3-7(12)5-9(8)17-11/h3-5H,6,12H2,1-2H3. The van der Waals surface area contributed by atoms with Gasteiger partial charge in [-0.25, -0.2) is 4.98 Å². The number of carbonyl (C=O) groups excluding carboxylic acids is 1. The maximum Gasteiger partial charge on any atom is 0.235 e. The summed E-state index contributed by atoms with van der Waals surface area (Å²) in [6.45, 7) is 0. The molecule has 1 atom stereocenters. The number of fused-ring (bicyclic) bond motifs is 1. The van der Waals surface area contributed by atoms with Gasteiger partial charge >= 0.3 is 0 Å². The average molecular weight is 283 g/mol. The van der Waals surface area contributed by atoms with E-state index in [-0.39, 0.29) is 11.7 Å². The molecule has 0 bridgehead atoms. The number of aromatic nitrogens is 1. The molecule has 2 rings (SSSR count). The van der Waals surface area contributed by atoms with Gasteiger partial charge in [-0.05, 0) is 18.2 Å². The summed E-state index contributed by atoms with van der Waals surface area (Å²) in [6.07, 6.45) is 0. The Morgan fingerprint density at radius 2 is 2.22 bits per heavy atom. The number of hydrogen-bond acceptors (Lipinski definition) is 5. The number of amides is 1. The van der Waals surface area contributed by atoms with Gasteiger partial charge in [-0.1, -0.05) is 0 Å². The van der Waals surface area contributed by atoms with Gasteiger partial charge in [-0.15, -0.1) is 11.3 Å². The highest BCUT2D eigenvalue weighted by Gasteiger charge is 2.15. The fourth-order valence-electron chi connectivity index (χ4n) is 1.32. The third kappa shape index (κ3) is 2.68. The summed E-state index contributed by atoms with van der Waals surface area (Å²) >= 11 is 1.31. The average Bonchev–Trinajstić information content (AvgIpc) is 2.71. The Hall–Kier alpha value is -1.47. The SMILES string of the molecule is CN(C)C(=O)CS(=O)c1nc2ccc(N)cc2s1. The molecule has 1 heterocycles. The molecule has 0 aliphatic rings. The van der Waals surface area contributed by atoms with E-state index < -0.39 is 10.8 Å². The van der Waals surface area contributed by atoms with Crippen LogP contribution in [0, 0.1) is 0 Å². The molecule has 5 nitrogen and oxygen atoms in total. The van der Waals surface area contributed by atoms with E-state index in [2.05, 4.69) is 4.98 Å². The minimum atomic E-state index is -1.40. The molecule has 0 aliphatic carbocycles. The van der Waals surface area contributed by atoms with Crippen molar-refractivity contribution in [2.45, 2.75) is 4.34 Å². The number of nitrogens with two attached hydrogens (primary N) is 1. The molecule has 0 fully saturated rings. The van der Waals surface area contributed by atoms with Crippen LogP contribution in [0.2, 0.25) is 0 Å². The van der Waals surface area contributed by atoms with Crippen LogP contribution in [-0.2, 0) is 15.6 Å². The molecule has 18 heavy (non-hydrogen) atoms. The van der Waals surface area contributed by atoms with Crippen molar-refractivity contribution in [2.75, 3.05) is 25.6 Å². The van der Waals surface area contributed by atoms with E-state index in [1.807, 2.05) is 0 Å². The van der Waals surface area contributed by atoms with Crippen LogP contribution in [0.15, 0.2) is 22.5 Å². The maximum absolute atomic E-state index is 12.0. The van der Waals surface area contributed by atoms with Crippen LogP contribution >= 0.6 is 11.3 Å². The first-order valence-electron chi connectivity index (χ1n) is 5.22. The van der Waals surface area contributed by atoms with Gasteiger partial charge < -0.3 is 10.6 Å². The molecule has 7 heteroatoms. The molecule has 0 saturated heterocycles. The molecule has 0 aliphatic heterocycles. The maximum atomic E-state index is 12.0. The fourth-order valence-corrected chi connectivity index (χ4v) is 3.69. The Morgan fingerprint density at radius 1 is 1.50 bits per heavy atom. The van der Waals surface area contributed by atoms with Gasteiger partial charge in [-0.2, -0.15) is 0 Å². The zero-order valence-electron chi connectivity index (χ0n) is 10.0. The lowest BCUT2D eigenvalue weighted by atomic mass is 10.3. The van der Waals surface area contributed by atoms with Crippen LogP contribution in [0.4, 0.5) is 5.69 Å². The molecule has 2 aromatic rings. The molecule has 1 unspecified atom stereocenters. The van der Waals surface area contributed by atoms with Crippen molar-refractivity contribution in [1.82, 2.24) is 9.88 Å². The predicted octanol–water partition coefficient (Wildman–Crippen LogP) is 1.07. The first kappa shape index (κ1) is 13.0. The zero-order valence-corrected chi connectivity index (χ0v) is 11.7. The van der Waals surface area contributed by atoms with E-state index >= 15 is 0 Å². The first-order valence-corrected chi connectivity index (χ1v) is 7.35. The lowest BCUT2D eigenvalue weighted by Crippen LogP contribution is -2.26. The predicted molar refractivity (Wildman–Crippen MR) is 74.0 cm³/mol.